The van der Waals surface area contributed by atoms with Gasteiger partial charge in [0.25, 0.3) is 5.88 Å². The Morgan fingerprint density at radius 2 is 1.96 bits per heavy atom. The number of hydrogen-bond acceptors (Lipinski definition) is 6. The van der Waals surface area contributed by atoms with E-state index < -0.39 is 0 Å². The third-order valence-electron chi connectivity index (χ3n) is 3.36. The third-order valence-corrected chi connectivity index (χ3v) is 3.61. The third kappa shape index (κ3) is 3.90. The molecule has 2 aromatic heterocycles. The topological polar surface area (TPSA) is 87.4 Å². The first-order valence-corrected chi connectivity index (χ1v) is 8.00. The number of nitrogens with zero attached hydrogens (tertiary/aromatic N) is 3. The Hall–Kier alpha value is -3.04. The van der Waals surface area contributed by atoms with E-state index in [0.29, 0.717) is 22.4 Å². The van der Waals surface area contributed by atoms with Gasteiger partial charge in [-0.2, -0.15) is 10.4 Å². The minimum absolute atomic E-state index is 0.0821. The summed E-state index contributed by atoms with van der Waals surface area (Å²) in [5.41, 5.74) is 3.77. The van der Waals surface area contributed by atoms with Crippen LogP contribution in [0.2, 0.25) is 5.02 Å². The summed E-state index contributed by atoms with van der Waals surface area (Å²) in [7, 11) is 0. The van der Waals surface area contributed by atoms with Crippen LogP contribution in [0, 0.1) is 11.3 Å². The van der Waals surface area contributed by atoms with Crippen molar-refractivity contribution in [3.63, 3.8) is 0 Å². The first kappa shape index (κ1) is 16.8. The number of benzene rings is 1. The van der Waals surface area contributed by atoms with Gasteiger partial charge in [-0.15, -0.1) is 0 Å². The Balaban J connectivity index is 1.71. The predicted octanol–water partition coefficient (Wildman–Crippen LogP) is 5.03. The Morgan fingerprint density at radius 1 is 1.20 bits per heavy atom. The normalized spacial score (nSPS) is 11.2. The molecule has 7 heteroatoms. The maximum Gasteiger partial charge on any atom is 0.252 e. The Bertz CT molecular complexity index is 933. The van der Waals surface area contributed by atoms with E-state index in [9.17, 15) is 0 Å². The summed E-state index contributed by atoms with van der Waals surface area (Å²) in [5, 5.41) is 13.8. The number of nitrogens with one attached hydrogen (secondary N) is 1. The molecule has 0 saturated carbocycles. The van der Waals surface area contributed by atoms with Gasteiger partial charge >= 0.3 is 0 Å². The van der Waals surface area contributed by atoms with Gasteiger partial charge in [0.2, 0.25) is 11.6 Å². The summed E-state index contributed by atoms with van der Waals surface area (Å²) < 4.78 is 11.2. The lowest BCUT2D eigenvalue weighted by atomic mass is 10.2. The van der Waals surface area contributed by atoms with Gasteiger partial charge in [-0.25, -0.2) is 10.4 Å². The minimum Gasteiger partial charge on any atom is -0.455 e. The Morgan fingerprint density at radius 3 is 2.64 bits per heavy atom. The van der Waals surface area contributed by atoms with Crippen molar-refractivity contribution in [1.29, 1.82) is 5.26 Å². The first-order chi connectivity index (χ1) is 12.1. The average Bonchev–Trinajstić information content (AvgIpc) is 3.23. The standard InChI is InChI=1S/C18H15ClN4O2/c1-11(2)17-22-15(9-20)18(25-17)23-21-10-14-7-8-16(24-14)12-3-5-13(19)6-4-12/h3-8,10-11,23H,1-2H3/b21-10+. The molecule has 0 aliphatic carbocycles. The highest BCUT2D eigenvalue weighted by molar-refractivity contribution is 6.30. The van der Waals surface area contributed by atoms with Crippen LogP contribution >= 0.6 is 11.6 Å². The zero-order chi connectivity index (χ0) is 17.8. The maximum atomic E-state index is 9.09. The van der Waals surface area contributed by atoms with Crippen LogP contribution in [0.4, 0.5) is 5.88 Å². The Labute approximate surface area is 149 Å². The van der Waals surface area contributed by atoms with Crippen LogP contribution in [-0.2, 0) is 0 Å². The molecule has 0 atom stereocenters. The number of anilines is 1. The average molecular weight is 355 g/mol. The van der Waals surface area contributed by atoms with Crippen LogP contribution in [0.15, 0.2) is 50.3 Å². The second kappa shape index (κ2) is 7.24. The molecule has 3 rings (SSSR count). The van der Waals surface area contributed by atoms with Crippen LogP contribution in [0.5, 0.6) is 0 Å². The van der Waals surface area contributed by atoms with Crippen molar-refractivity contribution < 1.29 is 8.83 Å². The van der Waals surface area contributed by atoms with Crippen molar-refractivity contribution in [2.24, 2.45) is 5.10 Å². The molecule has 0 unspecified atom stereocenters. The summed E-state index contributed by atoms with van der Waals surface area (Å²) in [6, 6.07) is 13.0. The fourth-order valence-corrected chi connectivity index (χ4v) is 2.21. The predicted molar refractivity (Wildman–Crippen MR) is 95.7 cm³/mol. The number of nitriles is 1. The van der Waals surface area contributed by atoms with Crippen molar-refractivity contribution in [3.8, 4) is 17.4 Å². The molecular formula is C18H15ClN4O2. The van der Waals surface area contributed by atoms with E-state index in [2.05, 4.69) is 15.5 Å². The molecule has 0 bridgehead atoms. The van der Waals surface area contributed by atoms with Gasteiger partial charge in [-0.05, 0) is 36.4 Å². The molecule has 0 aliphatic rings. The molecule has 126 valence electrons. The van der Waals surface area contributed by atoms with E-state index in [4.69, 9.17) is 25.7 Å². The lowest BCUT2D eigenvalue weighted by molar-refractivity contribution is 0.481. The molecular weight excluding hydrogens is 340 g/mol. The smallest absolute Gasteiger partial charge is 0.252 e. The summed E-state index contributed by atoms with van der Waals surface area (Å²) in [5.74, 6) is 2.04. The maximum absolute atomic E-state index is 9.09. The summed E-state index contributed by atoms with van der Waals surface area (Å²) in [6.07, 6.45) is 1.50. The first-order valence-electron chi connectivity index (χ1n) is 7.62. The number of aromatic nitrogens is 1. The molecule has 0 saturated heterocycles. The molecule has 0 aliphatic heterocycles. The van der Waals surface area contributed by atoms with E-state index in [1.807, 2.05) is 38.1 Å². The molecule has 0 radical (unpaired) electrons. The van der Waals surface area contributed by atoms with Crippen LogP contribution in [-0.4, -0.2) is 11.2 Å². The summed E-state index contributed by atoms with van der Waals surface area (Å²) in [6.45, 7) is 3.86. The fraction of sp³-hybridized carbons (Fsp3) is 0.167. The number of oxazole rings is 1. The van der Waals surface area contributed by atoms with Crippen LogP contribution < -0.4 is 5.43 Å². The number of hydrazone groups is 1. The van der Waals surface area contributed by atoms with E-state index in [1.54, 1.807) is 18.2 Å². The van der Waals surface area contributed by atoms with E-state index in [-0.39, 0.29) is 17.5 Å². The molecule has 0 amide bonds. The summed E-state index contributed by atoms with van der Waals surface area (Å²) in [4.78, 5) is 4.11. The highest BCUT2D eigenvalue weighted by atomic mass is 35.5. The number of furan rings is 1. The zero-order valence-electron chi connectivity index (χ0n) is 13.7. The molecule has 3 aromatic rings. The highest BCUT2D eigenvalue weighted by Gasteiger charge is 2.14. The zero-order valence-corrected chi connectivity index (χ0v) is 14.4. The largest absolute Gasteiger partial charge is 0.455 e. The van der Waals surface area contributed by atoms with Crippen molar-refractivity contribution in [3.05, 3.63) is 58.8 Å². The van der Waals surface area contributed by atoms with Gasteiger partial charge in [-0.3, -0.25) is 0 Å². The monoisotopic (exact) mass is 354 g/mol. The lowest BCUT2D eigenvalue weighted by Crippen LogP contribution is -1.90. The van der Waals surface area contributed by atoms with Gasteiger partial charge in [0.05, 0.1) is 6.21 Å². The second-order valence-electron chi connectivity index (χ2n) is 5.58. The molecule has 2 heterocycles. The van der Waals surface area contributed by atoms with Gasteiger partial charge < -0.3 is 8.83 Å². The number of halogens is 1. The van der Waals surface area contributed by atoms with Gasteiger partial charge in [0, 0.05) is 16.5 Å². The van der Waals surface area contributed by atoms with E-state index in [1.165, 1.54) is 6.21 Å². The van der Waals surface area contributed by atoms with Crippen molar-refractivity contribution >= 4 is 23.7 Å². The van der Waals surface area contributed by atoms with E-state index >= 15 is 0 Å². The number of hydrogen-bond donors (Lipinski definition) is 1. The summed E-state index contributed by atoms with van der Waals surface area (Å²) >= 11 is 5.88. The molecule has 6 nitrogen and oxygen atoms in total. The molecule has 0 fully saturated rings. The van der Waals surface area contributed by atoms with Gasteiger partial charge in [-0.1, -0.05) is 25.4 Å². The quantitative estimate of drug-likeness (QED) is 0.513. The van der Waals surface area contributed by atoms with Crippen molar-refractivity contribution in [1.82, 2.24) is 4.98 Å². The highest BCUT2D eigenvalue weighted by Crippen LogP contribution is 2.24. The SMILES string of the molecule is CC(C)c1nc(C#N)c(N/N=C/c2ccc(-c3ccc(Cl)cc3)o2)o1. The van der Waals surface area contributed by atoms with Gasteiger partial charge in [0.1, 0.15) is 17.6 Å². The fourth-order valence-electron chi connectivity index (χ4n) is 2.08. The molecule has 0 spiro atoms. The van der Waals surface area contributed by atoms with E-state index in [0.717, 1.165) is 5.56 Å². The number of rotatable bonds is 5. The minimum atomic E-state index is 0.0821. The second-order valence-corrected chi connectivity index (χ2v) is 6.01. The van der Waals surface area contributed by atoms with Crippen LogP contribution in [0.1, 0.15) is 37.1 Å². The van der Waals surface area contributed by atoms with Crippen LogP contribution in [0.25, 0.3) is 11.3 Å². The van der Waals surface area contributed by atoms with Crippen molar-refractivity contribution in [2.75, 3.05) is 5.43 Å². The van der Waals surface area contributed by atoms with Crippen molar-refractivity contribution in [2.45, 2.75) is 19.8 Å². The van der Waals surface area contributed by atoms with Crippen LogP contribution in [0.3, 0.4) is 0 Å². The van der Waals surface area contributed by atoms with Gasteiger partial charge in [0.15, 0.2) is 0 Å². The lowest BCUT2D eigenvalue weighted by Gasteiger charge is -1.97. The molecule has 1 aromatic carbocycles. The molecule has 1 N–H and O–H groups in total. The molecule has 25 heavy (non-hydrogen) atoms. The Kier molecular flexibility index (Phi) is 4.87.